The summed E-state index contributed by atoms with van der Waals surface area (Å²) in [5.41, 5.74) is 6.17. The van der Waals surface area contributed by atoms with Gasteiger partial charge in [-0.1, -0.05) is 12.1 Å². The standard InChI is InChI=1S/C9H11BNO4/c11-8(9(12)13)5-6-1-3-7(4-2-6)15-10-14/h1-4,8,14H,5,11H2,(H,12,13)/t8-/m1/s1. The van der Waals surface area contributed by atoms with Crippen molar-refractivity contribution >= 4 is 13.7 Å². The zero-order chi connectivity index (χ0) is 11.3. The van der Waals surface area contributed by atoms with Crippen molar-refractivity contribution in [1.29, 1.82) is 0 Å². The van der Waals surface area contributed by atoms with Crippen molar-refractivity contribution in [1.82, 2.24) is 0 Å². The third-order valence-electron chi connectivity index (χ3n) is 1.88. The number of nitrogens with two attached hydrogens (primary N) is 1. The van der Waals surface area contributed by atoms with Crippen LogP contribution in [0, 0.1) is 0 Å². The molecule has 0 aromatic heterocycles. The summed E-state index contributed by atoms with van der Waals surface area (Å²) in [6.45, 7) is 0. The molecule has 5 nitrogen and oxygen atoms in total. The molecule has 0 spiro atoms. The third-order valence-corrected chi connectivity index (χ3v) is 1.88. The minimum atomic E-state index is -1.03. The summed E-state index contributed by atoms with van der Waals surface area (Å²) in [6, 6.07) is 5.73. The van der Waals surface area contributed by atoms with Crippen molar-refractivity contribution in [3.8, 4) is 5.75 Å². The Labute approximate surface area is 87.8 Å². The zero-order valence-corrected chi connectivity index (χ0v) is 7.96. The van der Waals surface area contributed by atoms with Gasteiger partial charge in [-0.3, -0.25) is 4.79 Å². The molecule has 0 bridgehead atoms. The monoisotopic (exact) mass is 208 g/mol. The van der Waals surface area contributed by atoms with E-state index < -0.39 is 12.0 Å². The Kier molecular flexibility index (Phi) is 4.14. The molecule has 0 amide bonds. The van der Waals surface area contributed by atoms with Crippen LogP contribution in [0.2, 0.25) is 0 Å². The predicted octanol–water partition coefficient (Wildman–Crippen LogP) is -0.454. The Morgan fingerprint density at radius 1 is 1.47 bits per heavy atom. The van der Waals surface area contributed by atoms with Crippen molar-refractivity contribution in [3.05, 3.63) is 29.8 Å². The maximum absolute atomic E-state index is 10.5. The van der Waals surface area contributed by atoms with E-state index in [0.717, 1.165) is 5.56 Å². The lowest BCUT2D eigenvalue weighted by Crippen LogP contribution is -2.32. The van der Waals surface area contributed by atoms with Gasteiger partial charge >= 0.3 is 13.7 Å². The van der Waals surface area contributed by atoms with Crippen LogP contribution in [0.1, 0.15) is 5.56 Å². The molecular weight excluding hydrogens is 197 g/mol. The topological polar surface area (TPSA) is 92.8 Å². The molecule has 0 saturated heterocycles. The van der Waals surface area contributed by atoms with Gasteiger partial charge in [0.1, 0.15) is 6.04 Å². The minimum Gasteiger partial charge on any atom is -0.537 e. The average Bonchev–Trinajstić information content (AvgIpc) is 2.21. The molecule has 1 atom stereocenters. The van der Waals surface area contributed by atoms with Crippen LogP contribution >= 0.6 is 0 Å². The molecule has 6 heteroatoms. The fourth-order valence-electron chi connectivity index (χ4n) is 1.11. The Balaban J connectivity index is 2.60. The molecule has 1 radical (unpaired) electrons. The lowest BCUT2D eigenvalue weighted by molar-refractivity contribution is -0.138. The molecule has 0 heterocycles. The van der Waals surface area contributed by atoms with Crippen LogP contribution in [0.15, 0.2) is 24.3 Å². The first-order chi connectivity index (χ1) is 7.13. The van der Waals surface area contributed by atoms with Gasteiger partial charge in [-0.05, 0) is 24.1 Å². The summed E-state index contributed by atoms with van der Waals surface area (Å²) < 4.78 is 4.70. The average molecular weight is 208 g/mol. The van der Waals surface area contributed by atoms with Gasteiger partial charge in [0.05, 0.1) is 5.75 Å². The molecule has 1 aromatic rings. The number of hydrogen-bond acceptors (Lipinski definition) is 4. The molecule has 0 fully saturated rings. The van der Waals surface area contributed by atoms with Gasteiger partial charge in [0.2, 0.25) is 0 Å². The summed E-state index contributed by atoms with van der Waals surface area (Å²) in [6.07, 6.45) is 0.262. The Morgan fingerprint density at radius 2 is 2.07 bits per heavy atom. The SMILES string of the molecule is N[C@H](Cc1ccc(O[B]O)cc1)C(=O)O. The van der Waals surface area contributed by atoms with E-state index in [4.69, 9.17) is 20.5 Å². The second-order valence-electron chi connectivity index (χ2n) is 3.02. The first-order valence-electron chi connectivity index (χ1n) is 4.33. The summed E-state index contributed by atoms with van der Waals surface area (Å²) in [5.74, 6) is -0.552. The van der Waals surface area contributed by atoms with Crippen LogP contribution in [0.4, 0.5) is 0 Å². The van der Waals surface area contributed by atoms with E-state index in [1.807, 2.05) is 0 Å². The van der Waals surface area contributed by atoms with Crippen LogP contribution in [0.5, 0.6) is 5.75 Å². The van der Waals surface area contributed by atoms with Crippen molar-refractivity contribution < 1.29 is 19.6 Å². The lowest BCUT2D eigenvalue weighted by Gasteiger charge is -2.07. The van der Waals surface area contributed by atoms with Crippen LogP contribution in [0.25, 0.3) is 0 Å². The minimum absolute atomic E-state index is 0.262. The van der Waals surface area contributed by atoms with Crippen LogP contribution in [-0.2, 0) is 11.2 Å². The summed E-state index contributed by atoms with van der Waals surface area (Å²) in [7, 11) is 0.581. The maximum Gasteiger partial charge on any atom is 0.569 e. The summed E-state index contributed by atoms with van der Waals surface area (Å²) >= 11 is 0. The molecule has 0 aliphatic carbocycles. The zero-order valence-electron chi connectivity index (χ0n) is 7.96. The smallest absolute Gasteiger partial charge is 0.537 e. The van der Waals surface area contributed by atoms with Gasteiger partial charge in [0.15, 0.2) is 0 Å². The molecule has 0 aliphatic heterocycles. The molecule has 0 unspecified atom stereocenters. The van der Waals surface area contributed by atoms with Crippen LogP contribution < -0.4 is 10.4 Å². The summed E-state index contributed by atoms with van der Waals surface area (Å²) in [5, 5.41) is 17.0. The van der Waals surface area contributed by atoms with Crippen molar-refractivity contribution in [3.63, 3.8) is 0 Å². The summed E-state index contributed by atoms with van der Waals surface area (Å²) in [4.78, 5) is 10.5. The van der Waals surface area contributed by atoms with Crippen molar-refractivity contribution in [2.24, 2.45) is 5.73 Å². The van der Waals surface area contributed by atoms with Gasteiger partial charge in [-0.15, -0.1) is 0 Å². The van der Waals surface area contributed by atoms with Gasteiger partial charge in [0.25, 0.3) is 0 Å². The largest absolute Gasteiger partial charge is 0.569 e. The van der Waals surface area contributed by atoms with E-state index in [9.17, 15) is 4.79 Å². The predicted molar refractivity (Wildman–Crippen MR) is 54.4 cm³/mol. The van der Waals surface area contributed by atoms with E-state index in [1.165, 1.54) is 0 Å². The fraction of sp³-hybridized carbons (Fsp3) is 0.222. The van der Waals surface area contributed by atoms with E-state index in [-0.39, 0.29) is 6.42 Å². The van der Waals surface area contributed by atoms with Gasteiger partial charge < -0.3 is 20.5 Å². The normalized spacial score (nSPS) is 11.9. The van der Waals surface area contributed by atoms with Gasteiger partial charge in [-0.25, -0.2) is 0 Å². The Morgan fingerprint density at radius 3 is 2.53 bits per heavy atom. The molecule has 4 N–H and O–H groups in total. The highest BCUT2D eigenvalue weighted by molar-refractivity contribution is 6.17. The van der Waals surface area contributed by atoms with Crippen LogP contribution in [-0.4, -0.2) is 29.8 Å². The number of hydrogen-bond donors (Lipinski definition) is 3. The first-order valence-corrected chi connectivity index (χ1v) is 4.33. The Bertz CT molecular complexity index is 327. The molecular formula is C9H11BNO4. The van der Waals surface area contributed by atoms with E-state index >= 15 is 0 Å². The van der Waals surface area contributed by atoms with Gasteiger partial charge in [0, 0.05) is 0 Å². The van der Waals surface area contributed by atoms with Crippen molar-refractivity contribution in [2.45, 2.75) is 12.5 Å². The van der Waals surface area contributed by atoms with Crippen molar-refractivity contribution in [2.75, 3.05) is 0 Å². The fourth-order valence-corrected chi connectivity index (χ4v) is 1.11. The number of carboxylic acids is 1. The molecule has 1 rings (SSSR count). The third kappa shape index (κ3) is 3.61. The second-order valence-corrected chi connectivity index (χ2v) is 3.02. The van der Waals surface area contributed by atoms with E-state index in [0.29, 0.717) is 13.4 Å². The number of carboxylic acid groups (broad SMARTS) is 1. The van der Waals surface area contributed by atoms with E-state index in [1.54, 1.807) is 24.3 Å². The lowest BCUT2D eigenvalue weighted by atomic mass is 10.1. The highest BCUT2D eigenvalue weighted by Crippen LogP contribution is 2.12. The Hall–Kier alpha value is -1.53. The maximum atomic E-state index is 10.5. The quantitative estimate of drug-likeness (QED) is 0.569. The highest BCUT2D eigenvalue weighted by atomic mass is 16.5. The number of aliphatic carboxylic acids is 1. The molecule has 15 heavy (non-hydrogen) atoms. The highest BCUT2D eigenvalue weighted by Gasteiger charge is 2.11. The molecule has 1 aromatic carbocycles. The number of rotatable bonds is 5. The molecule has 0 aliphatic rings. The van der Waals surface area contributed by atoms with E-state index in [2.05, 4.69) is 0 Å². The van der Waals surface area contributed by atoms with Crippen LogP contribution in [0.3, 0.4) is 0 Å². The molecule has 0 saturated carbocycles. The first kappa shape index (κ1) is 11.5. The van der Waals surface area contributed by atoms with Gasteiger partial charge in [-0.2, -0.15) is 0 Å². The number of benzene rings is 1. The molecule has 79 valence electrons. The second kappa shape index (κ2) is 5.38. The number of carbonyl (C=O) groups is 1.